The Balaban J connectivity index is 2.11. The first-order valence-corrected chi connectivity index (χ1v) is 7.14. The highest BCUT2D eigenvalue weighted by Gasteiger charge is 2.14. The molecule has 4 heteroatoms. The summed E-state index contributed by atoms with van der Waals surface area (Å²) in [5.74, 6) is 0. The number of hydrogen-bond acceptors (Lipinski definition) is 2. The molecule has 3 heterocycles. The molecule has 0 saturated heterocycles. The largest absolute Gasteiger partial charge is 0.346 e. The summed E-state index contributed by atoms with van der Waals surface area (Å²) in [5.41, 5.74) is 4.24. The third-order valence-electron chi connectivity index (χ3n) is 3.91. The van der Waals surface area contributed by atoms with Crippen molar-refractivity contribution in [2.24, 2.45) is 0 Å². The van der Waals surface area contributed by atoms with Crippen LogP contribution in [0.5, 0.6) is 0 Å². The lowest BCUT2D eigenvalue weighted by Crippen LogP contribution is -2.00. The number of aromatic amines is 1. The lowest BCUT2D eigenvalue weighted by Gasteiger charge is -2.13. The second kappa shape index (κ2) is 4.45. The van der Waals surface area contributed by atoms with E-state index in [9.17, 15) is 0 Å². The molecule has 4 nitrogen and oxygen atoms in total. The zero-order valence-electron chi connectivity index (χ0n) is 12.0. The third-order valence-corrected chi connectivity index (χ3v) is 3.91. The molecule has 0 radical (unpaired) electrons. The maximum absolute atomic E-state index is 4.54. The van der Waals surface area contributed by atoms with Crippen LogP contribution in [0.4, 0.5) is 0 Å². The minimum Gasteiger partial charge on any atom is -0.346 e. The Labute approximate surface area is 122 Å². The molecule has 3 aromatic heterocycles. The molecule has 0 saturated carbocycles. The quantitative estimate of drug-likeness (QED) is 0.597. The second-order valence-corrected chi connectivity index (χ2v) is 5.52. The topological polar surface area (TPSA) is 46.5 Å². The highest BCUT2D eigenvalue weighted by molar-refractivity contribution is 6.01. The Morgan fingerprint density at radius 1 is 1.10 bits per heavy atom. The smallest absolute Gasteiger partial charge is 0.141 e. The summed E-state index contributed by atoms with van der Waals surface area (Å²) >= 11 is 0. The standard InChI is InChI=1S/C17H16N4/c1-11(2)21-9-7-12-4-3-5-13(16(12)21)15-14-6-8-18-17(14)20-10-19-15/h3-11H,1-2H3,(H,18,19,20). The summed E-state index contributed by atoms with van der Waals surface area (Å²) in [6.45, 7) is 4.39. The van der Waals surface area contributed by atoms with Gasteiger partial charge in [-0.2, -0.15) is 0 Å². The number of rotatable bonds is 2. The molecule has 0 aliphatic carbocycles. The fraction of sp³-hybridized carbons (Fsp3) is 0.176. The van der Waals surface area contributed by atoms with Crippen LogP contribution < -0.4 is 0 Å². The van der Waals surface area contributed by atoms with E-state index in [2.05, 4.69) is 63.8 Å². The maximum atomic E-state index is 4.54. The van der Waals surface area contributed by atoms with Crippen LogP contribution in [0.2, 0.25) is 0 Å². The van der Waals surface area contributed by atoms with Crippen molar-refractivity contribution in [1.29, 1.82) is 0 Å². The van der Waals surface area contributed by atoms with Gasteiger partial charge in [0.15, 0.2) is 0 Å². The van der Waals surface area contributed by atoms with Gasteiger partial charge in [-0.25, -0.2) is 9.97 Å². The van der Waals surface area contributed by atoms with E-state index in [1.54, 1.807) is 6.33 Å². The molecule has 4 aromatic rings. The number of hydrogen-bond donors (Lipinski definition) is 1. The van der Waals surface area contributed by atoms with E-state index >= 15 is 0 Å². The zero-order chi connectivity index (χ0) is 14.4. The van der Waals surface area contributed by atoms with Crippen LogP contribution in [0.25, 0.3) is 33.2 Å². The molecule has 0 fully saturated rings. The van der Waals surface area contributed by atoms with E-state index in [0.717, 1.165) is 22.3 Å². The first kappa shape index (κ1) is 12.1. The van der Waals surface area contributed by atoms with Gasteiger partial charge in [-0.1, -0.05) is 18.2 Å². The van der Waals surface area contributed by atoms with Gasteiger partial charge in [-0.15, -0.1) is 0 Å². The lowest BCUT2D eigenvalue weighted by molar-refractivity contribution is 0.623. The van der Waals surface area contributed by atoms with Crippen molar-refractivity contribution >= 4 is 21.9 Å². The summed E-state index contributed by atoms with van der Waals surface area (Å²) in [6, 6.07) is 11.0. The Morgan fingerprint density at radius 3 is 2.86 bits per heavy atom. The van der Waals surface area contributed by atoms with Gasteiger partial charge in [0.25, 0.3) is 0 Å². The fourth-order valence-corrected chi connectivity index (χ4v) is 2.93. The first-order valence-electron chi connectivity index (χ1n) is 7.14. The van der Waals surface area contributed by atoms with Crippen LogP contribution in [-0.4, -0.2) is 19.5 Å². The van der Waals surface area contributed by atoms with Crippen molar-refractivity contribution in [3.8, 4) is 11.3 Å². The number of para-hydroxylation sites is 1. The zero-order valence-corrected chi connectivity index (χ0v) is 12.0. The molecular formula is C17H16N4. The molecule has 0 unspecified atom stereocenters. The van der Waals surface area contributed by atoms with Gasteiger partial charge >= 0.3 is 0 Å². The molecule has 0 aliphatic rings. The van der Waals surface area contributed by atoms with Gasteiger partial charge in [0.05, 0.1) is 11.2 Å². The van der Waals surface area contributed by atoms with Crippen molar-refractivity contribution in [2.45, 2.75) is 19.9 Å². The van der Waals surface area contributed by atoms with Gasteiger partial charge in [0, 0.05) is 34.8 Å². The van der Waals surface area contributed by atoms with Crippen molar-refractivity contribution in [3.05, 3.63) is 49.1 Å². The van der Waals surface area contributed by atoms with Crippen molar-refractivity contribution in [3.63, 3.8) is 0 Å². The number of nitrogens with one attached hydrogen (secondary N) is 1. The molecule has 0 amide bonds. The van der Waals surface area contributed by atoms with Gasteiger partial charge in [0.1, 0.15) is 12.0 Å². The fourth-order valence-electron chi connectivity index (χ4n) is 2.93. The summed E-state index contributed by atoms with van der Waals surface area (Å²) in [7, 11) is 0. The van der Waals surface area contributed by atoms with E-state index < -0.39 is 0 Å². The molecular weight excluding hydrogens is 260 g/mol. The number of H-pyrrole nitrogens is 1. The second-order valence-electron chi connectivity index (χ2n) is 5.52. The Bertz CT molecular complexity index is 930. The number of fused-ring (bicyclic) bond motifs is 2. The summed E-state index contributed by atoms with van der Waals surface area (Å²) in [4.78, 5) is 12.0. The average molecular weight is 276 g/mol. The maximum Gasteiger partial charge on any atom is 0.141 e. The van der Waals surface area contributed by atoms with Crippen LogP contribution in [0.15, 0.2) is 49.1 Å². The molecule has 0 aliphatic heterocycles. The number of benzene rings is 1. The summed E-state index contributed by atoms with van der Waals surface area (Å²) in [5, 5.41) is 2.30. The van der Waals surface area contributed by atoms with Gasteiger partial charge in [-0.05, 0) is 26.0 Å². The minimum atomic E-state index is 0.409. The molecule has 0 bridgehead atoms. The molecule has 1 aromatic carbocycles. The third kappa shape index (κ3) is 1.76. The van der Waals surface area contributed by atoms with Gasteiger partial charge in [-0.3, -0.25) is 0 Å². The molecule has 0 atom stereocenters. The van der Waals surface area contributed by atoms with E-state index in [0.29, 0.717) is 6.04 Å². The van der Waals surface area contributed by atoms with E-state index in [-0.39, 0.29) is 0 Å². The van der Waals surface area contributed by atoms with E-state index in [1.807, 2.05) is 12.3 Å². The molecule has 1 N–H and O–H groups in total. The number of aromatic nitrogens is 4. The van der Waals surface area contributed by atoms with Crippen LogP contribution in [0.1, 0.15) is 19.9 Å². The van der Waals surface area contributed by atoms with Crippen LogP contribution in [-0.2, 0) is 0 Å². The normalized spacial score (nSPS) is 11.8. The molecule has 21 heavy (non-hydrogen) atoms. The Morgan fingerprint density at radius 2 is 2.00 bits per heavy atom. The first-order chi connectivity index (χ1) is 10.3. The van der Waals surface area contributed by atoms with Crippen molar-refractivity contribution < 1.29 is 0 Å². The summed E-state index contributed by atoms with van der Waals surface area (Å²) < 4.78 is 2.30. The molecule has 104 valence electrons. The minimum absolute atomic E-state index is 0.409. The summed E-state index contributed by atoms with van der Waals surface area (Å²) in [6.07, 6.45) is 5.68. The molecule has 4 rings (SSSR count). The van der Waals surface area contributed by atoms with Gasteiger partial charge < -0.3 is 9.55 Å². The monoisotopic (exact) mass is 276 g/mol. The SMILES string of the molecule is CC(C)n1ccc2cccc(-c3ncnc4[nH]ccc34)c21. The van der Waals surface area contributed by atoms with Crippen molar-refractivity contribution in [1.82, 2.24) is 19.5 Å². The predicted octanol–water partition coefficient (Wildman–Crippen LogP) is 4.16. The lowest BCUT2D eigenvalue weighted by atomic mass is 10.1. The van der Waals surface area contributed by atoms with E-state index in [4.69, 9.17) is 0 Å². The van der Waals surface area contributed by atoms with E-state index in [1.165, 1.54) is 10.9 Å². The predicted molar refractivity (Wildman–Crippen MR) is 85.2 cm³/mol. The highest BCUT2D eigenvalue weighted by atomic mass is 15.0. The Hall–Kier alpha value is -2.62. The Kier molecular flexibility index (Phi) is 2.57. The molecule has 0 spiro atoms. The highest BCUT2D eigenvalue weighted by Crippen LogP contribution is 2.33. The van der Waals surface area contributed by atoms with Gasteiger partial charge in [0.2, 0.25) is 0 Å². The van der Waals surface area contributed by atoms with Crippen LogP contribution >= 0.6 is 0 Å². The van der Waals surface area contributed by atoms with Crippen molar-refractivity contribution in [2.75, 3.05) is 0 Å². The number of nitrogens with zero attached hydrogens (tertiary/aromatic N) is 3. The average Bonchev–Trinajstić information content (AvgIpc) is 3.12. The van der Waals surface area contributed by atoms with Crippen LogP contribution in [0, 0.1) is 0 Å². The van der Waals surface area contributed by atoms with Crippen LogP contribution in [0.3, 0.4) is 0 Å².